The number of hydrogen-bond donors (Lipinski definition) is 3. The van der Waals surface area contributed by atoms with Crippen LogP contribution in [0, 0.1) is 6.92 Å². The van der Waals surface area contributed by atoms with E-state index < -0.39 is 17.9 Å². The number of imide groups is 1. The Kier molecular flexibility index (Phi) is 5.15. The summed E-state index contributed by atoms with van der Waals surface area (Å²) in [4.78, 5) is 40.5. The first kappa shape index (κ1) is 14.3. The van der Waals surface area contributed by atoms with Crippen LogP contribution in [0.1, 0.15) is 11.4 Å². The summed E-state index contributed by atoms with van der Waals surface area (Å²) in [6.45, 7) is 1.89. The Balaban J connectivity index is 2.37. The third-order valence-corrected chi connectivity index (χ3v) is 1.88. The van der Waals surface area contributed by atoms with Crippen molar-refractivity contribution >= 4 is 17.9 Å². The number of carboxylic acid groups (broad SMARTS) is 1. The van der Waals surface area contributed by atoms with Crippen molar-refractivity contribution in [1.29, 1.82) is 0 Å². The van der Waals surface area contributed by atoms with Crippen LogP contribution in [0.15, 0.2) is 24.5 Å². The first-order valence-corrected chi connectivity index (χ1v) is 5.24. The molecule has 8 heteroatoms. The second kappa shape index (κ2) is 6.84. The van der Waals surface area contributed by atoms with Crippen LogP contribution in [0.2, 0.25) is 0 Å². The maximum Gasteiger partial charge on any atom is 0.328 e. The fraction of sp³-hybridized carbons (Fsp3) is 0.182. The Morgan fingerprint density at radius 1 is 1.26 bits per heavy atom. The van der Waals surface area contributed by atoms with Gasteiger partial charge in [-0.15, -0.1) is 0 Å². The first-order chi connectivity index (χ1) is 8.97. The van der Waals surface area contributed by atoms with Gasteiger partial charge < -0.3 is 10.4 Å². The maximum atomic E-state index is 11.3. The minimum absolute atomic E-state index is 0.106. The van der Waals surface area contributed by atoms with Gasteiger partial charge in [-0.3, -0.25) is 20.1 Å². The van der Waals surface area contributed by atoms with E-state index >= 15 is 0 Å². The number of nitrogens with zero attached hydrogens (tertiary/aromatic N) is 2. The zero-order chi connectivity index (χ0) is 14.3. The topological polar surface area (TPSA) is 121 Å². The third-order valence-electron chi connectivity index (χ3n) is 1.88. The zero-order valence-electron chi connectivity index (χ0n) is 10.1. The summed E-state index contributed by atoms with van der Waals surface area (Å²) in [5.74, 6) is -2.10. The molecule has 19 heavy (non-hydrogen) atoms. The Labute approximate surface area is 108 Å². The van der Waals surface area contributed by atoms with Crippen LogP contribution in [-0.4, -0.2) is 33.0 Å². The molecule has 0 aliphatic rings. The SMILES string of the molecule is Cc1cnc(CNC(=O)NC(=O)C=CC(=O)O)cn1. The van der Waals surface area contributed by atoms with Crippen LogP contribution in [0.25, 0.3) is 0 Å². The maximum absolute atomic E-state index is 11.3. The summed E-state index contributed by atoms with van der Waals surface area (Å²) in [5, 5.41) is 12.6. The molecule has 0 saturated carbocycles. The van der Waals surface area contributed by atoms with Crippen molar-refractivity contribution < 1.29 is 19.5 Å². The Bertz CT molecular complexity index is 510. The minimum Gasteiger partial charge on any atom is -0.478 e. The van der Waals surface area contributed by atoms with E-state index in [0.717, 1.165) is 11.8 Å². The highest BCUT2D eigenvalue weighted by Gasteiger charge is 2.05. The van der Waals surface area contributed by atoms with Gasteiger partial charge in [0.1, 0.15) is 0 Å². The Morgan fingerprint density at radius 3 is 2.58 bits per heavy atom. The second-order valence-electron chi connectivity index (χ2n) is 3.49. The number of carbonyl (C=O) groups excluding carboxylic acids is 2. The standard InChI is InChI=1S/C11H12N4O4/c1-7-4-13-8(5-12-7)6-14-11(19)15-9(16)2-3-10(17)18/h2-5H,6H2,1H3,(H,17,18)(H2,14,15,16,19). The molecule has 0 atom stereocenters. The average Bonchev–Trinajstić information content (AvgIpc) is 2.36. The summed E-state index contributed by atoms with van der Waals surface area (Å²) < 4.78 is 0. The van der Waals surface area contributed by atoms with Gasteiger partial charge in [0.25, 0.3) is 5.91 Å². The summed E-state index contributed by atoms with van der Waals surface area (Å²) in [5.41, 5.74) is 1.29. The van der Waals surface area contributed by atoms with Gasteiger partial charge in [-0.1, -0.05) is 0 Å². The van der Waals surface area contributed by atoms with Gasteiger partial charge in [-0.05, 0) is 6.92 Å². The number of amides is 3. The molecule has 3 amide bonds. The Hall–Kier alpha value is -2.77. The number of aromatic nitrogens is 2. The van der Waals surface area contributed by atoms with E-state index in [2.05, 4.69) is 15.3 Å². The minimum atomic E-state index is -1.27. The fourth-order valence-corrected chi connectivity index (χ4v) is 1.03. The van der Waals surface area contributed by atoms with Crippen LogP contribution >= 0.6 is 0 Å². The molecule has 1 heterocycles. The number of nitrogens with one attached hydrogen (secondary N) is 2. The Morgan fingerprint density at radius 2 is 2.00 bits per heavy atom. The molecule has 8 nitrogen and oxygen atoms in total. The molecule has 0 unspecified atom stereocenters. The van der Waals surface area contributed by atoms with E-state index in [-0.39, 0.29) is 6.54 Å². The van der Waals surface area contributed by atoms with Gasteiger partial charge >= 0.3 is 12.0 Å². The molecular formula is C11H12N4O4. The number of aliphatic carboxylic acids is 1. The van der Waals surface area contributed by atoms with Gasteiger partial charge in [-0.2, -0.15) is 0 Å². The van der Waals surface area contributed by atoms with Crippen molar-refractivity contribution in [2.24, 2.45) is 0 Å². The van der Waals surface area contributed by atoms with E-state index in [1.54, 1.807) is 13.1 Å². The van der Waals surface area contributed by atoms with Crippen LogP contribution in [0.3, 0.4) is 0 Å². The van der Waals surface area contributed by atoms with Crippen molar-refractivity contribution in [3.8, 4) is 0 Å². The molecule has 1 rings (SSSR count). The quantitative estimate of drug-likeness (QED) is 0.645. The smallest absolute Gasteiger partial charge is 0.328 e. The molecule has 0 radical (unpaired) electrons. The number of rotatable bonds is 4. The van der Waals surface area contributed by atoms with E-state index in [0.29, 0.717) is 11.8 Å². The number of carbonyl (C=O) groups is 3. The summed E-state index contributed by atoms with van der Waals surface area (Å²) in [6, 6.07) is -0.748. The fourth-order valence-electron chi connectivity index (χ4n) is 1.03. The van der Waals surface area contributed by atoms with Crippen LogP contribution in [0.4, 0.5) is 4.79 Å². The van der Waals surface area contributed by atoms with E-state index in [9.17, 15) is 14.4 Å². The third kappa shape index (κ3) is 5.91. The number of hydrogen-bond acceptors (Lipinski definition) is 5. The van der Waals surface area contributed by atoms with E-state index in [1.165, 1.54) is 6.20 Å². The lowest BCUT2D eigenvalue weighted by molar-refractivity contribution is -0.131. The molecule has 0 aromatic carbocycles. The van der Waals surface area contributed by atoms with Gasteiger partial charge in [0.05, 0.1) is 24.1 Å². The summed E-state index contributed by atoms with van der Waals surface area (Å²) in [6.07, 6.45) is 4.43. The molecule has 1 aromatic rings. The van der Waals surface area contributed by atoms with Crippen molar-refractivity contribution in [3.05, 3.63) is 35.9 Å². The lowest BCUT2D eigenvalue weighted by atomic mass is 10.4. The second-order valence-corrected chi connectivity index (χ2v) is 3.49. The predicted octanol–water partition coefficient (Wildman–Crippen LogP) is -0.248. The van der Waals surface area contributed by atoms with Crippen molar-refractivity contribution in [3.63, 3.8) is 0 Å². The first-order valence-electron chi connectivity index (χ1n) is 5.24. The van der Waals surface area contributed by atoms with Gasteiger partial charge in [0.15, 0.2) is 0 Å². The molecule has 0 fully saturated rings. The predicted molar refractivity (Wildman–Crippen MR) is 63.9 cm³/mol. The zero-order valence-corrected chi connectivity index (χ0v) is 10.1. The lowest BCUT2D eigenvalue weighted by Crippen LogP contribution is -2.38. The van der Waals surface area contributed by atoms with Crippen molar-refractivity contribution in [1.82, 2.24) is 20.6 Å². The van der Waals surface area contributed by atoms with Crippen LogP contribution in [-0.2, 0) is 16.1 Å². The number of urea groups is 1. The van der Waals surface area contributed by atoms with E-state index in [1.807, 2.05) is 5.32 Å². The molecule has 0 bridgehead atoms. The van der Waals surface area contributed by atoms with Crippen LogP contribution in [0.5, 0.6) is 0 Å². The van der Waals surface area contributed by atoms with Crippen LogP contribution < -0.4 is 10.6 Å². The summed E-state index contributed by atoms with van der Waals surface area (Å²) in [7, 11) is 0. The molecule has 0 aliphatic heterocycles. The molecule has 0 aliphatic carbocycles. The summed E-state index contributed by atoms with van der Waals surface area (Å²) >= 11 is 0. The highest BCUT2D eigenvalue weighted by Crippen LogP contribution is 1.92. The largest absolute Gasteiger partial charge is 0.478 e. The molecular weight excluding hydrogens is 252 g/mol. The molecule has 100 valence electrons. The number of aryl methyl sites for hydroxylation is 1. The van der Waals surface area contributed by atoms with Gasteiger partial charge in [-0.25, -0.2) is 9.59 Å². The molecule has 3 N–H and O–H groups in total. The van der Waals surface area contributed by atoms with E-state index in [4.69, 9.17) is 5.11 Å². The molecule has 0 spiro atoms. The lowest BCUT2D eigenvalue weighted by Gasteiger charge is -2.04. The van der Waals surface area contributed by atoms with Gasteiger partial charge in [0.2, 0.25) is 0 Å². The highest BCUT2D eigenvalue weighted by atomic mass is 16.4. The number of carboxylic acids is 1. The molecule has 0 saturated heterocycles. The highest BCUT2D eigenvalue weighted by molar-refractivity contribution is 6.02. The van der Waals surface area contributed by atoms with Gasteiger partial charge in [0, 0.05) is 18.3 Å². The molecule has 1 aromatic heterocycles. The normalized spacial score (nSPS) is 10.2. The van der Waals surface area contributed by atoms with Crippen molar-refractivity contribution in [2.75, 3.05) is 0 Å². The average molecular weight is 264 g/mol. The monoisotopic (exact) mass is 264 g/mol. The van der Waals surface area contributed by atoms with Crippen molar-refractivity contribution in [2.45, 2.75) is 13.5 Å².